The summed E-state index contributed by atoms with van der Waals surface area (Å²) in [5.41, 5.74) is 3.09. The van der Waals surface area contributed by atoms with E-state index in [2.05, 4.69) is 78.0 Å². The lowest BCUT2D eigenvalue weighted by molar-refractivity contribution is 0.354. The van der Waals surface area contributed by atoms with Crippen LogP contribution in [-0.2, 0) is 5.41 Å². The number of benzene rings is 1. The molecule has 0 saturated carbocycles. The van der Waals surface area contributed by atoms with Crippen LogP contribution in [0, 0.1) is 5.92 Å². The quantitative estimate of drug-likeness (QED) is 0.760. The van der Waals surface area contributed by atoms with Gasteiger partial charge in [0, 0.05) is 6.04 Å². The fourth-order valence-electron chi connectivity index (χ4n) is 2.79. The van der Waals surface area contributed by atoms with Gasteiger partial charge in [0.05, 0.1) is 0 Å². The third-order valence-corrected chi connectivity index (χ3v) is 4.19. The molecule has 0 aromatic heterocycles. The molecule has 1 heteroatoms. The lowest BCUT2D eigenvalue weighted by Gasteiger charge is -2.29. The van der Waals surface area contributed by atoms with E-state index in [4.69, 9.17) is 0 Å². The summed E-state index contributed by atoms with van der Waals surface area (Å²) in [4.78, 5) is 0. The summed E-state index contributed by atoms with van der Waals surface area (Å²) in [6.07, 6.45) is 1.19. The Labute approximate surface area is 126 Å². The Morgan fingerprint density at radius 1 is 1.00 bits per heavy atom. The third-order valence-electron chi connectivity index (χ3n) is 4.19. The van der Waals surface area contributed by atoms with Gasteiger partial charge in [0.15, 0.2) is 0 Å². The van der Waals surface area contributed by atoms with Crippen molar-refractivity contribution in [2.45, 2.75) is 72.3 Å². The van der Waals surface area contributed by atoms with Crippen molar-refractivity contribution in [3.05, 3.63) is 35.4 Å². The first-order chi connectivity index (χ1) is 9.27. The van der Waals surface area contributed by atoms with E-state index in [1.807, 2.05) is 0 Å². The fraction of sp³-hybridized carbons (Fsp3) is 0.684. The second-order valence-electron chi connectivity index (χ2n) is 7.38. The second-order valence-corrected chi connectivity index (χ2v) is 7.38. The molecule has 1 rings (SSSR count). The molecule has 0 bridgehead atoms. The molecule has 114 valence electrons. The van der Waals surface area contributed by atoms with Crippen LogP contribution >= 0.6 is 0 Å². The largest absolute Gasteiger partial charge is 0.313 e. The molecule has 0 amide bonds. The maximum atomic E-state index is 3.71. The van der Waals surface area contributed by atoms with Crippen molar-refractivity contribution in [2.24, 2.45) is 5.92 Å². The van der Waals surface area contributed by atoms with Crippen LogP contribution in [0.3, 0.4) is 0 Å². The lowest BCUT2D eigenvalue weighted by Crippen LogP contribution is -2.38. The summed E-state index contributed by atoms with van der Waals surface area (Å²) < 4.78 is 0. The predicted molar refractivity (Wildman–Crippen MR) is 90.5 cm³/mol. The van der Waals surface area contributed by atoms with Crippen molar-refractivity contribution < 1.29 is 0 Å². The molecule has 2 atom stereocenters. The Hall–Kier alpha value is -0.820. The maximum absolute atomic E-state index is 3.71. The van der Waals surface area contributed by atoms with E-state index in [0.717, 1.165) is 6.54 Å². The van der Waals surface area contributed by atoms with Crippen molar-refractivity contribution in [1.29, 1.82) is 0 Å². The number of hydrogen-bond acceptors (Lipinski definition) is 1. The van der Waals surface area contributed by atoms with Crippen LogP contribution in [0.25, 0.3) is 0 Å². The molecule has 0 fully saturated rings. The Balaban J connectivity index is 2.86. The molecular formula is C19H33N. The molecule has 0 saturated heterocycles. The van der Waals surface area contributed by atoms with Crippen molar-refractivity contribution >= 4 is 0 Å². The van der Waals surface area contributed by atoms with Gasteiger partial charge in [-0.05, 0) is 41.3 Å². The van der Waals surface area contributed by atoms with Crippen LogP contribution in [-0.4, -0.2) is 12.6 Å². The molecule has 1 N–H and O–H groups in total. The van der Waals surface area contributed by atoms with E-state index < -0.39 is 0 Å². The summed E-state index contributed by atoms with van der Waals surface area (Å²) in [5.74, 6) is 1.20. The first-order valence-corrected chi connectivity index (χ1v) is 8.11. The highest BCUT2D eigenvalue weighted by molar-refractivity contribution is 5.30. The first kappa shape index (κ1) is 17.2. The van der Waals surface area contributed by atoms with Gasteiger partial charge < -0.3 is 5.32 Å². The highest BCUT2D eigenvalue weighted by Gasteiger charge is 2.22. The van der Waals surface area contributed by atoms with Gasteiger partial charge in [-0.25, -0.2) is 0 Å². The molecule has 0 aliphatic heterocycles. The average Bonchev–Trinajstić information content (AvgIpc) is 2.37. The predicted octanol–water partition coefficient (Wildman–Crippen LogP) is 5.11. The average molecular weight is 275 g/mol. The zero-order chi connectivity index (χ0) is 15.3. The highest BCUT2D eigenvalue weighted by atomic mass is 14.9. The van der Waals surface area contributed by atoms with Crippen LogP contribution in [0.2, 0.25) is 0 Å². The molecule has 1 aromatic rings. The number of rotatable bonds is 6. The summed E-state index contributed by atoms with van der Waals surface area (Å²) in [7, 11) is 0. The van der Waals surface area contributed by atoms with Crippen LogP contribution in [0.5, 0.6) is 0 Å². The van der Waals surface area contributed by atoms with Crippen molar-refractivity contribution in [1.82, 2.24) is 5.32 Å². The van der Waals surface area contributed by atoms with Gasteiger partial charge >= 0.3 is 0 Å². The highest BCUT2D eigenvalue weighted by Crippen LogP contribution is 2.27. The Morgan fingerprint density at radius 2 is 1.55 bits per heavy atom. The Morgan fingerprint density at radius 3 is 1.95 bits per heavy atom. The van der Waals surface area contributed by atoms with Crippen LogP contribution in [0.4, 0.5) is 0 Å². The zero-order valence-electron chi connectivity index (χ0n) is 14.5. The smallest absolute Gasteiger partial charge is 0.0156 e. The van der Waals surface area contributed by atoms with Crippen LogP contribution in [0.1, 0.15) is 71.9 Å². The van der Waals surface area contributed by atoms with Gasteiger partial charge in [-0.1, -0.05) is 72.7 Å². The summed E-state index contributed by atoms with van der Waals surface area (Å²) in [6, 6.07) is 9.77. The van der Waals surface area contributed by atoms with Gasteiger partial charge in [0.1, 0.15) is 0 Å². The van der Waals surface area contributed by atoms with Crippen molar-refractivity contribution in [3.8, 4) is 0 Å². The van der Waals surface area contributed by atoms with Gasteiger partial charge in [-0.2, -0.15) is 0 Å². The Kier molecular flexibility index (Phi) is 6.26. The summed E-state index contributed by atoms with van der Waals surface area (Å²) in [5, 5.41) is 3.71. The minimum Gasteiger partial charge on any atom is -0.313 e. The Bertz CT molecular complexity index is 383. The third kappa shape index (κ3) is 4.63. The van der Waals surface area contributed by atoms with Gasteiger partial charge in [-0.3, -0.25) is 0 Å². The lowest BCUT2D eigenvalue weighted by atomic mass is 9.83. The van der Waals surface area contributed by atoms with Crippen molar-refractivity contribution in [2.75, 3.05) is 6.54 Å². The van der Waals surface area contributed by atoms with Crippen molar-refractivity contribution in [3.63, 3.8) is 0 Å². The zero-order valence-corrected chi connectivity index (χ0v) is 14.5. The number of nitrogens with one attached hydrogen (secondary N) is 1. The SMILES string of the molecule is CCCNC(C(C)C)C(C)c1ccc(C(C)(C)C)cc1. The summed E-state index contributed by atoms with van der Waals surface area (Å²) in [6.45, 7) is 17.1. The second kappa shape index (κ2) is 7.26. The molecule has 20 heavy (non-hydrogen) atoms. The molecule has 0 spiro atoms. The van der Waals surface area contributed by atoms with E-state index in [-0.39, 0.29) is 5.41 Å². The molecular weight excluding hydrogens is 242 g/mol. The number of hydrogen-bond donors (Lipinski definition) is 1. The van der Waals surface area contributed by atoms with Gasteiger partial charge in [0.25, 0.3) is 0 Å². The molecule has 2 unspecified atom stereocenters. The van der Waals surface area contributed by atoms with E-state index >= 15 is 0 Å². The topological polar surface area (TPSA) is 12.0 Å². The van der Waals surface area contributed by atoms with E-state index in [0.29, 0.717) is 17.9 Å². The van der Waals surface area contributed by atoms with Gasteiger partial charge in [0.2, 0.25) is 0 Å². The molecule has 0 aliphatic carbocycles. The fourth-order valence-corrected chi connectivity index (χ4v) is 2.79. The maximum Gasteiger partial charge on any atom is 0.0156 e. The standard InChI is InChI=1S/C19H33N/c1-8-13-20-18(14(2)3)15(4)16-9-11-17(12-10-16)19(5,6)7/h9-12,14-15,18,20H,8,13H2,1-7H3. The van der Waals surface area contributed by atoms with E-state index in [1.165, 1.54) is 17.5 Å². The van der Waals surface area contributed by atoms with E-state index in [9.17, 15) is 0 Å². The molecule has 0 radical (unpaired) electrons. The molecule has 0 aliphatic rings. The summed E-state index contributed by atoms with van der Waals surface area (Å²) >= 11 is 0. The molecule has 0 heterocycles. The monoisotopic (exact) mass is 275 g/mol. The minimum atomic E-state index is 0.236. The first-order valence-electron chi connectivity index (χ1n) is 8.11. The van der Waals surface area contributed by atoms with Gasteiger partial charge in [-0.15, -0.1) is 0 Å². The van der Waals surface area contributed by atoms with E-state index in [1.54, 1.807) is 0 Å². The molecule has 1 aromatic carbocycles. The minimum absolute atomic E-state index is 0.236. The normalized spacial score (nSPS) is 15.4. The molecule has 1 nitrogen and oxygen atoms in total. The van der Waals surface area contributed by atoms with Crippen LogP contribution < -0.4 is 5.32 Å². The van der Waals surface area contributed by atoms with Crippen LogP contribution in [0.15, 0.2) is 24.3 Å².